The number of nitrogens with two attached hydrogens (primary N) is 1. The molecule has 0 radical (unpaired) electrons. The Morgan fingerprint density at radius 3 is 2.00 bits per heavy atom. The molecule has 1 heterocycles. The van der Waals surface area contributed by atoms with Crippen LogP contribution in [0, 0.1) is 6.92 Å². The van der Waals surface area contributed by atoms with Gasteiger partial charge in [0.15, 0.2) is 0 Å². The summed E-state index contributed by atoms with van der Waals surface area (Å²) in [5, 5.41) is 3.95. The zero-order valence-electron chi connectivity index (χ0n) is 11.6. The zero-order chi connectivity index (χ0) is 13.4. The molecule has 1 aromatic rings. The molecule has 2 N–H and O–H groups in total. The van der Waals surface area contributed by atoms with E-state index in [-0.39, 0.29) is 6.54 Å². The highest BCUT2D eigenvalue weighted by Gasteiger charge is 2.17. The predicted octanol–water partition coefficient (Wildman–Crippen LogP) is 3.57. The fourth-order valence-corrected chi connectivity index (χ4v) is 1.00. The van der Waals surface area contributed by atoms with Gasteiger partial charge >= 0.3 is 0 Å². The molecule has 16 heavy (non-hydrogen) atoms. The molecule has 3 nitrogen and oxygen atoms in total. The lowest BCUT2D eigenvalue weighted by Crippen LogP contribution is -2.21. The van der Waals surface area contributed by atoms with Crippen molar-refractivity contribution < 1.29 is 4.39 Å². The summed E-state index contributed by atoms with van der Waals surface area (Å²) in [5.41, 5.74) is 5.15. The Kier molecular flexibility index (Phi) is 8.81. The molecule has 0 saturated carbocycles. The van der Waals surface area contributed by atoms with Crippen LogP contribution in [0.1, 0.15) is 47.1 Å². The summed E-state index contributed by atoms with van der Waals surface area (Å²) in [6, 6.07) is 0. The number of hydrogen-bond acceptors (Lipinski definition) is 2. The summed E-state index contributed by atoms with van der Waals surface area (Å²) in [7, 11) is 0. The van der Waals surface area contributed by atoms with E-state index in [2.05, 4.69) is 5.10 Å². The van der Waals surface area contributed by atoms with Crippen molar-refractivity contribution in [1.29, 1.82) is 0 Å². The molecule has 4 heteroatoms. The van der Waals surface area contributed by atoms with Gasteiger partial charge in [0, 0.05) is 11.8 Å². The minimum atomic E-state index is -1.25. The Labute approximate surface area is 98.8 Å². The summed E-state index contributed by atoms with van der Waals surface area (Å²) in [4.78, 5) is 0. The van der Waals surface area contributed by atoms with Crippen LogP contribution in [-0.4, -0.2) is 15.4 Å². The molecule has 1 aromatic heterocycles. The van der Waals surface area contributed by atoms with Crippen LogP contribution in [0.4, 0.5) is 10.2 Å². The first-order chi connectivity index (χ1) is 7.38. The number of aryl methyl sites for hydroxylation is 1. The first-order valence-electron chi connectivity index (χ1n) is 5.87. The number of hydrogen-bond donors (Lipinski definition) is 1. The van der Waals surface area contributed by atoms with Crippen molar-refractivity contribution in [2.24, 2.45) is 0 Å². The van der Waals surface area contributed by atoms with E-state index in [9.17, 15) is 4.39 Å². The lowest BCUT2D eigenvalue weighted by molar-refractivity contribution is 0.179. The predicted molar refractivity (Wildman–Crippen MR) is 69.3 cm³/mol. The monoisotopic (exact) mass is 231 g/mol. The Hall–Kier alpha value is -1.06. The molecule has 0 aliphatic carbocycles. The highest BCUT2D eigenvalue weighted by atomic mass is 19.1. The molecule has 0 aliphatic heterocycles. The largest absolute Gasteiger partial charge is 0.382 e. The van der Waals surface area contributed by atoms with Crippen LogP contribution in [-0.2, 0) is 6.54 Å². The maximum Gasteiger partial charge on any atom is 0.148 e. The van der Waals surface area contributed by atoms with Gasteiger partial charge in [0.2, 0.25) is 0 Å². The first-order valence-corrected chi connectivity index (χ1v) is 5.87. The highest BCUT2D eigenvalue weighted by Crippen LogP contribution is 2.13. The number of alkyl halides is 1. The fourth-order valence-electron chi connectivity index (χ4n) is 1.00. The van der Waals surface area contributed by atoms with Gasteiger partial charge in [-0.1, -0.05) is 27.7 Å². The van der Waals surface area contributed by atoms with Crippen LogP contribution in [0.15, 0.2) is 6.20 Å². The van der Waals surface area contributed by atoms with Crippen LogP contribution in [0.3, 0.4) is 0 Å². The average Bonchev–Trinajstić information content (AvgIpc) is 2.49. The van der Waals surface area contributed by atoms with E-state index in [1.54, 1.807) is 6.20 Å². The van der Waals surface area contributed by atoms with E-state index in [4.69, 9.17) is 5.73 Å². The molecular weight excluding hydrogens is 205 g/mol. The molecule has 0 spiro atoms. The number of aromatic nitrogens is 2. The highest BCUT2D eigenvalue weighted by molar-refractivity contribution is 5.35. The molecule has 0 atom stereocenters. The molecule has 0 saturated heterocycles. The maximum absolute atomic E-state index is 13.1. The quantitative estimate of drug-likeness (QED) is 0.845. The second kappa shape index (κ2) is 8.13. The number of nitrogens with zero attached hydrogens (tertiary/aromatic N) is 2. The lowest BCUT2D eigenvalue weighted by atomic mass is 10.2. The van der Waals surface area contributed by atoms with Crippen LogP contribution < -0.4 is 5.73 Å². The van der Waals surface area contributed by atoms with E-state index in [0.717, 1.165) is 5.56 Å². The molecule has 0 bridgehead atoms. The van der Waals surface area contributed by atoms with Crippen molar-refractivity contribution in [3.63, 3.8) is 0 Å². The van der Waals surface area contributed by atoms with E-state index >= 15 is 0 Å². The van der Waals surface area contributed by atoms with Crippen LogP contribution >= 0.6 is 0 Å². The Balaban J connectivity index is 0. The summed E-state index contributed by atoms with van der Waals surface area (Å²) < 4.78 is 14.6. The zero-order valence-corrected chi connectivity index (χ0v) is 11.6. The fraction of sp³-hybridized carbons (Fsp3) is 0.750. The second-order valence-corrected chi connectivity index (χ2v) is 3.61. The Morgan fingerprint density at radius 1 is 1.31 bits per heavy atom. The second-order valence-electron chi connectivity index (χ2n) is 3.61. The molecular formula is C12H26FN3. The minimum Gasteiger partial charge on any atom is -0.382 e. The summed E-state index contributed by atoms with van der Waals surface area (Å²) >= 11 is 0. The van der Waals surface area contributed by atoms with Crippen molar-refractivity contribution in [2.45, 2.75) is 60.7 Å². The number of nitrogen functional groups attached to an aromatic ring is 1. The third-order valence-electron chi connectivity index (χ3n) is 1.52. The number of halogens is 1. The smallest absolute Gasteiger partial charge is 0.148 e. The summed E-state index contributed by atoms with van der Waals surface area (Å²) in [5.74, 6) is 0.472. The van der Waals surface area contributed by atoms with Crippen molar-refractivity contribution in [2.75, 3.05) is 5.73 Å². The number of rotatable bonds is 2. The van der Waals surface area contributed by atoms with Crippen molar-refractivity contribution >= 4 is 5.82 Å². The molecule has 0 fully saturated rings. The van der Waals surface area contributed by atoms with Gasteiger partial charge in [-0.2, -0.15) is 5.10 Å². The van der Waals surface area contributed by atoms with Gasteiger partial charge < -0.3 is 5.73 Å². The van der Waals surface area contributed by atoms with Crippen LogP contribution in [0.25, 0.3) is 0 Å². The molecule has 0 unspecified atom stereocenters. The van der Waals surface area contributed by atoms with Crippen molar-refractivity contribution in [3.8, 4) is 0 Å². The topological polar surface area (TPSA) is 43.8 Å². The lowest BCUT2D eigenvalue weighted by Gasteiger charge is -2.12. The van der Waals surface area contributed by atoms with Gasteiger partial charge in [0.25, 0.3) is 0 Å². The van der Waals surface area contributed by atoms with Gasteiger partial charge in [0.1, 0.15) is 11.5 Å². The standard InChI is InChI=1S/C8H14FN3.2C2H6/c1-6-4-12(11-7(6)10)5-8(2,3)9;2*1-2/h4H,5H2,1-3H3,(H2,10,11);2*1-2H3. The molecule has 96 valence electrons. The summed E-state index contributed by atoms with van der Waals surface area (Å²) in [6.45, 7) is 13.1. The first kappa shape index (κ1) is 17.3. The minimum absolute atomic E-state index is 0.241. The van der Waals surface area contributed by atoms with Crippen LogP contribution in [0.5, 0.6) is 0 Å². The average molecular weight is 231 g/mol. The van der Waals surface area contributed by atoms with Crippen LogP contribution in [0.2, 0.25) is 0 Å². The van der Waals surface area contributed by atoms with E-state index in [0.29, 0.717) is 5.82 Å². The Bertz CT molecular complexity index is 255. The third kappa shape index (κ3) is 7.26. The van der Waals surface area contributed by atoms with Gasteiger partial charge in [0.05, 0.1) is 6.54 Å². The van der Waals surface area contributed by atoms with E-state index in [1.807, 2.05) is 34.6 Å². The summed E-state index contributed by atoms with van der Waals surface area (Å²) in [6.07, 6.45) is 1.75. The SMILES string of the molecule is CC.CC.Cc1cn(CC(C)(C)F)nc1N. The molecule has 0 amide bonds. The molecule has 0 aliphatic rings. The number of anilines is 1. The Morgan fingerprint density at radius 2 is 1.75 bits per heavy atom. The van der Waals surface area contributed by atoms with Gasteiger partial charge in [-0.3, -0.25) is 4.68 Å². The van der Waals surface area contributed by atoms with Crippen molar-refractivity contribution in [1.82, 2.24) is 9.78 Å². The van der Waals surface area contributed by atoms with Gasteiger partial charge in [-0.15, -0.1) is 0 Å². The maximum atomic E-state index is 13.1. The normalized spacial score (nSPS) is 9.75. The van der Waals surface area contributed by atoms with Gasteiger partial charge in [-0.05, 0) is 20.8 Å². The molecule has 0 aromatic carbocycles. The third-order valence-corrected chi connectivity index (χ3v) is 1.52. The van der Waals surface area contributed by atoms with E-state index in [1.165, 1.54) is 18.5 Å². The van der Waals surface area contributed by atoms with Gasteiger partial charge in [-0.25, -0.2) is 4.39 Å². The van der Waals surface area contributed by atoms with E-state index < -0.39 is 5.67 Å². The van der Waals surface area contributed by atoms with Crippen molar-refractivity contribution in [3.05, 3.63) is 11.8 Å². The molecule has 1 rings (SSSR count).